The molecule has 2 heterocycles. The number of hydrogen-bond donors (Lipinski definition) is 1. The lowest BCUT2D eigenvalue weighted by Gasteiger charge is -2.25. The number of unbranched alkanes of at least 4 members (excludes halogenated alkanes) is 2. The number of rotatable bonds is 7. The lowest BCUT2D eigenvalue weighted by molar-refractivity contribution is 0.0964. The van der Waals surface area contributed by atoms with Gasteiger partial charge in [0.15, 0.2) is 17.3 Å². The van der Waals surface area contributed by atoms with Gasteiger partial charge in [-0.15, -0.1) is 0 Å². The molecule has 168 valence electrons. The molecule has 0 saturated heterocycles. The van der Waals surface area contributed by atoms with E-state index in [0.717, 1.165) is 24.8 Å². The van der Waals surface area contributed by atoms with E-state index in [0.29, 0.717) is 53.0 Å². The molecule has 1 N–H and O–H groups in total. The Hall–Kier alpha value is -3.42. The first kappa shape index (κ1) is 21.8. The van der Waals surface area contributed by atoms with E-state index in [9.17, 15) is 14.4 Å². The summed E-state index contributed by atoms with van der Waals surface area (Å²) in [6.07, 6.45) is 5.11. The van der Waals surface area contributed by atoms with Gasteiger partial charge in [0.05, 0.1) is 19.6 Å². The molecule has 2 aromatic heterocycles. The van der Waals surface area contributed by atoms with Crippen LogP contribution in [0.1, 0.15) is 60.0 Å². The van der Waals surface area contributed by atoms with Crippen molar-refractivity contribution in [2.75, 3.05) is 14.2 Å². The molecule has 0 aliphatic heterocycles. The molecule has 1 aliphatic carbocycles. The Bertz CT molecular complexity index is 1290. The van der Waals surface area contributed by atoms with Crippen LogP contribution in [-0.2, 0) is 13.0 Å². The van der Waals surface area contributed by atoms with Gasteiger partial charge in [-0.2, -0.15) is 0 Å². The largest absolute Gasteiger partial charge is 0.493 e. The number of nitrogens with zero attached hydrogens (tertiary/aromatic N) is 2. The van der Waals surface area contributed by atoms with Gasteiger partial charge in [0.1, 0.15) is 5.65 Å². The summed E-state index contributed by atoms with van der Waals surface area (Å²) in [5, 5.41) is 0.331. The third-order valence-corrected chi connectivity index (χ3v) is 6.16. The van der Waals surface area contributed by atoms with Crippen LogP contribution >= 0.6 is 0 Å². The van der Waals surface area contributed by atoms with Crippen LogP contribution in [0.4, 0.5) is 0 Å². The highest BCUT2D eigenvalue weighted by molar-refractivity contribution is 6.02. The molecule has 0 radical (unpaired) electrons. The maximum Gasteiger partial charge on any atom is 0.329 e. The van der Waals surface area contributed by atoms with Crippen molar-refractivity contribution in [2.24, 2.45) is 0 Å². The molecule has 32 heavy (non-hydrogen) atoms. The fourth-order valence-corrected chi connectivity index (χ4v) is 4.48. The zero-order valence-corrected chi connectivity index (χ0v) is 18.6. The van der Waals surface area contributed by atoms with Gasteiger partial charge in [-0.05, 0) is 42.0 Å². The van der Waals surface area contributed by atoms with Gasteiger partial charge in [-0.3, -0.25) is 19.1 Å². The average molecular weight is 437 g/mol. The lowest BCUT2D eigenvalue weighted by Crippen LogP contribution is -2.33. The van der Waals surface area contributed by atoms with Crippen LogP contribution in [0.25, 0.3) is 11.0 Å². The van der Waals surface area contributed by atoms with Gasteiger partial charge >= 0.3 is 5.69 Å². The topological polar surface area (TPSA) is 103 Å². The number of ketones is 1. The van der Waals surface area contributed by atoms with Crippen LogP contribution in [0.15, 0.2) is 34.0 Å². The maximum atomic E-state index is 13.0. The fraction of sp³-hybridized carbons (Fsp3) is 0.417. The molecular weight excluding hydrogens is 410 g/mol. The Morgan fingerprint density at radius 3 is 2.59 bits per heavy atom. The second kappa shape index (κ2) is 8.98. The number of nitrogens with one attached hydrogen (secondary N) is 1. The lowest BCUT2D eigenvalue weighted by atomic mass is 9.79. The van der Waals surface area contributed by atoms with Crippen molar-refractivity contribution < 1.29 is 14.3 Å². The smallest absolute Gasteiger partial charge is 0.329 e. The number of hydrogen-bond acceptors (Lipinski definition) is 6. The van der Waals surface area contributed by atoms with E-state index in [1.165, 1.54) is 10.8 Å². The monoisotopic (exact) mass is 437 g/mol. The summed E-state index contributed by atoms with van der Waals surface area (Å²) in [4.78, 5) is 45.1. The summed E-state index contributed by atoms with van der Waals surface area (Å²) in [5.74, 6) is 1.01. The molecule has 0 fully saturated rings. The minimum absolute atomic E-state index is 0.0661. The van der Waals surface area contributed by atoms with E-state index in [-0.39, 0.29) is 11.7 Å². The molecule has 0 bridgehead atoms. The van der Waals surface area contributed by atoms with Crippen LogP contribution < -0.4 is 20.7 Å². The number of pyridine rings is 1. The zero-order valence-electron chi connectivity index (χ0n) is 18.6. The molecule has 0 spiro atoms. The van der Waals surface area contributed by atoms with E-state index in [4.69, 9.17) is 9.47 Å². The van der Waals surface area contributed by atoms with Gasteiger partial charge in [0.25, 0.3) is 5.56 Å². The summed E-state index contributed by atoms with van der Waals surface area (Å²) >= 11 is 0. The molecule has 0 unspecified atom stereocenters. The number of aromatic amines is 1. The Kier molecular flexibility index (Phi) is 6.12. The van der Waals surface area contributed by atoms with Gasteiger partial charge in [-0.1, -0.05) is 25.8 Å². The fourth-order valence-electron chi connectivity index (χ4n) is 4.48. The number of ether oxygens (including phenoxy) is 2. The molecule has 0 saturated carbocycles. The zero-order chi connectivity index (χ0) is 22.8. The predicted molar refractivity (Wildman–Crippen MR) is 121 cm³/mol. The molecule has 1 atom stereocenters. The molecule has 1 aromatic carbocycles. The summed E-state index contributed by atoms with van der Waals surface area (Å²) in [5.41, 5.74) is 1.41. The van der Waals surface area contributed by atoms with Crippen molar-refractivity contribution in [3.05, 3.63) is 61.9 Å². The number of aromatic nitrogens is 3. The number of H-pyrrole nitrogens is 1. The van der Waals surface area contributed by atoms with Gasteiger partial charge in [-0.25, -0.2) is 9.78 Å². The number of aryl methyl sites for hydroxylation is 1. The molecule has 3 aromatic rings. The van der Waals surface area contributed by atoms with Crippen molar-refractivity contribution in [1.82, 2.24) is 14.5 Å². The van der Waals surface area contributed by atoms with E-state index >= 15 is 0 Å². The van der Waals surface area contributed by atoms with Crippen molar-refractivity contribution in [1.29, 1.82) is 0 Å². The Balaban J connectivity index is 1.82. The summed E-state index contributed by atoms with van der Waals surface area (Å²) in [7, 11) is 3.14. The Morgan fingerprint density at radius 1 is 1.09 bits per heavy atom. The molecule has 8 nitrogen and oxygen atoms in total. The number of Topliss-reactive ketones (excluding diaryl/α,β-unsaturated/α-hetero) is 1. The van der Waals surface area contributed by atoms with Gasteiger partial charge < -0.3 is 9.47 Å². The molecule has 8 heteroatoms. The average Bonchev–Trinajstić information content (AvgIpc) is 2.80. The number of methoxy groups -OCH3 is 2. The molecule has 0 amide bonds. The maximum absolute atomic E-state index is 13.0. The van der Waals surface area contributed by atoms with Crippen LogP contribution in [0.2, 0.25) is 0 Å². The summed E-state index contributed by atoms with van der Waals surface area (Å²) < 4.78 is 12.2. The second-order valence-corrected chi connectivity index (χ2v) is 8.11. The highest BCUT2D eigenvalue weighted by atomic mass is 16.5. The van der Waals surface area contributed by atoms with Crippen molar-refractivity contribution in [2.45, 2.75) is 51.5 Å². The summed E-state index contributed by atoms with van der Waals surface area (Å²) in [6, 6.07) is 5.60. The van der Waals surface area contributed by atoms with Gasteiger partial charge in [0, 0.05) is 24.7 Å². The number of carbonyl (C=O) groups excluding carboxylic acids is 1. The summed E-state index contributed by atoms with van der Waals surface area (Å²) in [6.45, 7) is 2.56. The number of carbonyl (C=O) groups is 1. The van der Waals surface area contributed by atoms with E-state index < -0.39 is 11.2 Å². The molecule has 4 rings (SSSR count). The first-order chi connectivity index (χ1) is 15.5. The quantitative estimate of drug-likeness (QED) is 0.570. The predicted octanol–water partition coefficient (Wildman–Crippen LogP) is 3.20. The van der Waals surface area contributed by atoms with Gasteiger partial charge in [0.2, 0.25) is 0 Å². The van der Waals surface area contributed by atoms with Crippen molar-refractivity contribution >= 4 is 16.8 Å². The molecular formula is C24H27N3O5. The normalized spacial score (nSPS) is 15.6. The van der Waals surface area contributed by atoms with Crippen LogP contribution in [0.3, 0.4) is 0 Å². The number of benzene rings is 1. The molecule has 1 aliphatic rings. The van der Waals surface area contributed by atoms with E-state index in [2.05, 4.69) is 16.9 Å². The highest BCUT2D eigenvalue weighted by Gasteiger charge is 2.30. The third-order valence-electron chi connectivity index (χ3n) is 6.16. The van der Waals surface area contributed by atoms with Crippen molar-refractivity contribution in [3.63, 3.8) is 0 Å². The SMILES string of the molecule is CCCCCn1c(=O)[nH]c(=O)c2c3c(cnc21)C(=O)C[C@H](c1ccc(OC)c(OC)c1)C3. The number of fused-ring (bicyclic) bond motifs is 3. The van der Waals surface area contributed by atoms with E-state index in [1.54, 1.807) is 14.2 Å². The minimum Gasteiger partial charge on any atom is -0.493 e. The second-order valence-electron chi connectivity index (χ2n) is 8.11. The van der Waals surface area contributed by atoms with Crippen molar-refractivity contribution in [3.8, 4) is 11.5 Å². The first-order valence-corrected chi connectivity index (χ1v) is 10.9. The first-order valence-electron chi connectivity index (χ1n) is 10.9. The minimum atomic E-state index is -0.498. The van der Waals surface area contributed by atoms with Crippen LogP contribution in [0.5, 0.6) is 11.5 Å². The van der Waals surface area contributed by atoms with E-state index in [1.807, 2.05) is 18.2 Å². The highest BCUT2D eigenvalue weighted by Crippen LogP contribution is 2.38. The van der Waals surface area contributed by atoms with Crippen LogP contribution in [0, 0.1) is 0 Å². The Morgan fingerprint density at radius 2 is 1.88 bits per heavy atom. The third kappa shape index (κ3) is 3.81. The van der Waals surface area contributed by atoms with Crippen LogP contribution in [-0.4, -0.2) is 34.5 Å². The standard InChI is InChI=1S/C24H27N3O5/c1-4-5-6-9-27-22-21(23(29)26-24(27)30)16-10-15(11-18(28)17(16)13-25-22)14-7-8-19(31-2)20(12-14)32-3/h7-8,12-13,15H,4-6,9-11H2,1-3H3,(H,26,29,30)/t15-/m1/s1. The Labute approximate surface area is 185 Å².